The van der Waals surface area contributed by atoms with Gasteiger partial charge in [-0.2, -0.15) is 0 Å². The summed E-state index contributed by atoms with van der Waals surface area (Å²) in [4.78, 5) is 4.84. The van der Waals surface area contributed by atoms with Gasteiger partial charge in [0.1, 0.15) is 5.82 Å². The van der Waals surface area contributed by atoms with Gasteiger partial charge in [-0.3, -0.25) is 5.32 Å². The van der Waals surface area contributed by atoms with E-state index in [1.54, 1.807) is 6.92 Å². The van der Waals surface area contributed by atoms with Crippen molar-refractivity contribution in [3.8, 4) is 0 Å². The number of nitrogens with one attached hydrogen (secondary N) is 1. The van der Waals surface area contributed by atoms with Crippen molar-refractivity contribution >= 4 is 11.0 Å². The molecule has 0 aliphatic rings. The van der Waals surface area contributed by atoms with Crippen molar-refractivity contribution in [2.24, 2.45) is 7.05 Å². The van der Waals surface area contributed by atoms with E-state index in [4.69, 9.17) is 9.40 Å². The largest absolute Gasteiger partial charge is 0.424 e. The Morgan fingerprint density at radius 3 is 2.52 bits per heavy atom. The molecular formula is C19H19N5O. The average Bonchev–Trinajstić information content (AvgIpc) is 3.20. The molecule has 4 rings (SSSR count). The molecule has 2 aromatic carbocycles. The quantitative estimate of drug-likeness (QED) is 0.608. The molecule has 0 saturated carbocycles. The number of hydrogen-bond acceptors (Lipinski definition) is 5. The predicted octanol–water partition coefficient (Wildman–Crippen LogP) is 3.14. The van der Waals surface area contributed by atoms with Crippen LogP contribution in [0.25, 0.3) is 11.0 Å². The number of rotatable bonds is 5. The van der Waals surface area contributed by atoms with Crippen LogP contribution in [-0.4, -0.2) is 19.7 Å². The molecule has 1 N–H and O–H groups in total. The Labute approximate surface area is 145 Å². The number of hydrogen-bond donors (Lipinski definition) is 1. The van der Waals surface area contributed by atoms with Crippen LogP contribution in [-0.2, 0) is 13.6 Å². The van der Waals surface area contributed by atoms with Gasteiger partial charge >= 0.3 is 0 Å². The highest BCUT2D eigenvalue weighted by molar-refractivity contribution is 5.76. The molecule has 4 aromatic rings. The smallest absolute Gasteiger partial charge is 0.230 e. The van der Waals surface area contributed by atoms with Crippen LogP contribution in [0.2, 0.25) is 0 Å². The molecule has 1 atom stereocenters. The minimum Gasteiger partial charge on any atom is -0.424 e. The Morgan fingerprint density at radius 2 is 1.80 bits per heavy atom. The van der Waals surface area contributed by atoms with Gasteiger partial charge in [0.05, 0.1) is 23.6 Å². The maximum absolute atomic E-state index is 5.48. The third-order valence-electron chi connectivity index (χ3n) is 4.24. The molecule has 0 aliphatic heterocycles. The third-order valence-corrected chi connectivity index (χ3v) is 4.24. The summed E-state index contributed by atoms with van der Waals surface area (Å²) < 4.78 is 7.61. The van der Waals surface area contributed by atoms with Gasteiger partial charge in [-0.25, -0.2) is 4.98 Å². The molecule has 6 nitrogen and oxygen atoms in total. The van der Waals surface area contributed by atoms with Crippen molar-refractivity contribution in [1.82, 2.24) is 25.1 Å². The molecule has 0 radical (unpaired) electrons. The van der Waals surface area contributed by atoms with E-state index < -0.39 is 0 Å². The van der Waals surface area contributed by atoms with Gasteiger partial charge in [0.25, 0.3) is 0 Å². The fourth-order valence-corrected chi connectivity index (χ4v) is 3.02. The van der Waals surface area contributed by atoms with Crippen LogP contribution in [0.15, 0.2) is 59.0 Å². The van der Waals surface area contributed by atoms with Crippen molar-refractivity contribution in [3.05, 3.63) is 77.8 Å². The van der Waals surface area contributed by atoms with E-state index in [9.17, 15) is 0 Å². The Kier molecular flexibility index (Phi) is 4.03. The topological polar surface area (TPSA) is 68.8 Å². The van der Waals surface area contributed by atoms with Gasteiger partial charge in [0.15, 0.2) is 0 Å². The van der Waals surface area contributed by atoms with Crippen LogP contribution in [0.1, 0.15) is 29.2 Å². The molecular weight excluding hydrogens is 314 g/mol. The Morgan fingerprint density at radius 1 is 1.04 bits per heavy atom. The first-order valence-corrected chi connectivity index (χ1v) is 8.21. The maximum Gasteiger partial charge on any atom is 0.230 e. The van der Waals surface area contributed by atoms with E-state index in [1.165, 1.54) is 0 Å². The SMILES string of the molecule is Cc1nnc(CNC(c2ccccc2)c2nc3ccccc3n2C)o1. The fraction of sp³-hybridized carbons (Fsp3) is 0.211. The first-order chi connectivity index (χ1) is 12.2. The van der Waals surface area contributed by atoms with Crippen LogP contribution in [0.3, 0.4) is 0 Å². The zero-order valence-corrected chi connectivity index (χ0v) is 14.2. The number of aromatic nitrogens is 4. The van der Waals surface area contributed by atoms with E-state index in [0.29, 0.717) is 18.3 Å². The molecule has 6 heteroatoms. The van der Waals surface area contributed by atoms with Crippen molar-refractivity contribution in [2.75, 3.05) is 0 Å². The van der Waals surface area contributed by atoms with Gasteiger partial charge < -0.3 is 8.98 Å². The van der Waals surface area contributed by atoms with Gasteiger partial charge in [0.2, 0.25) is 11.8 Å². The highest BCUT2D eigenvalue weighted by Gasteiger charge is 2.21. The molecule has 0 bridgehead atoms. The predicted molar refractivity (Wildman–Crippen MR) is 94.9 cm³/mol. The fourth-order valence-electron chi connectivity index (χ4n) is 3.02. The normalized spacial score (nSPS) is 12.6. The zero-order chi connectivity index (χ0) is 17.2. The molecule has 0 fully saturated rings. The summed E-state index contributed by atoms with van der Waals surface area (Å²) in [5.74, 6) is 2.08. The lowest BCUT2D eigenvalue weighted by Crippen LogP contribution is -2.25. The number of imidazole rings is 1. The van der Waals surface area contributed by atoms with E-state index in [1.807, 2.05) is 43.4 Å². The Bertz CT molecular complexity index is 989. The summed E-state index contributed by atoms with van der Waals surface area (Å²) in [5.41, 5.74) is 3.22. The van der Waals surface area contributed by atoms with Crippen LogP contribution in [0.5, 0.6) is 0 Å². The van der Waals surface area contributed by atoms with Crippen molar-refractivity contribution in [1.29, 1.82) is 0 Å². The number of benzene rings is 2. The van der Waals surface area contributed by atoms with Crippen LogP contribution >= 0.6 is 0 Å². The Hall–Kier alpha value is -2.99. The molecule has 25 heavy (non-hydrogen) atoms. The van der Waals surface area contributed by atoms with E-state index in [2.05, 4.69) is 38.3 Å². The minimum atomic E-state index is -0.0780. The van der Waals surface area contributed by atoms with Crippen LogP contribution in [0, 0.1) is 6.92 Å². The average molecular weight is 333 g/mol. The van der Waals surface area contributed by atoms with Gasteiger partial charge in [-0.15, -0.1) is 10.2 Å². The lowest BCUT2D eigenvalue weighted by Gasteiger charge is -2.18. The van der Waals surface area contributed by atoms with E-state index >= 15 is 0 Å². The number of para-hydroxylation sites is 2. The zero-order valence-electron chi connectivity index (χ0n) is 14.2. The van der Waals surface area contributed by atoms with Gasteiger partial charge in [-0.1, -0.05) is 42.5 Å². The molecule has 0 aliphatic carbocycles. The number of fused-ring (bicyclic) bond motifs is 1. The van der Waals surface area contributed by atoms with Crippen molar-refractivity contribution < 1.29 is 4.42 Å². The molecule has 0 spiro atoms. The molecule has 1 unspecified atom stereocenters. The summed E-state index contributed by atoms with van der Waals surface area (Å²) >= 11 is 0. The maximum atomic E-state index is 5.48. The van der Waals surface area contributed by atoms with Gasteiger partial charge in [0, 0.05) is 14.0 Å². The second-order valence-electron chi connectivity index (χ2n) is 5.96. The van der Waals surface area contributed by atoms with Gasteiger partial charge in [-0.05, 0) is 17.7 Å². The second kappa shape index (κ2) is 6.49. The summed E-state index contributed by atoms with van der Waals surface area (Å²) in [5, 5.41) is 11.5. The molecule has 126 valence electrons. The second-order valence-corrected chi connectivity index (χ2v) is 5.96. The van der Waals surface area contributed by atoms with E-state index in [0.717, 1.165) is 22.4 Å². The van der Waals surface area contributed by atoms with Crippen molar-refractivity contribution in [3.63, 3.8) is 0 Å². The lowest BCUT2D eigenvalue weighted by molar-refractivity contribution is 0.431. The highest BCUT2D eigenvalue weighted by atomic mass is 16.4. The lowest BCUT2D eigenvalue weighted by atomic mass is 10.1. The van der Waals surface area contributed by atoms with Crippen LogP contribution < -0.4 is 5.32 Å². The molecule has 0 amide bonds. The first-order valence-electron chi connectivity index (χ1n) is 8.21. The number of aryl methyl sites for hydroxylation is 2. The minimum absolute atomic E-state index is 0.0780. The summed E-state index contributed by atoms with van der Waals surface area (Å²) in [6, 6.07) is 18.3. The molecule has 2 aromatic heterocycles. The summed E-state index contributed by atoms with van der Waals surface area (Å²) in [6.07, 6.45) is 0. The van der Waals surface area contributed by atoms with Crippen LogP contribution in [0.4, 0.5) is 0 Å². The third kappa shape index (κ3) is 3.04. The highest BCUT2D eigenvalue weighted by Crippen LogP contribution is 2.25. The Balaban J connectivity index is 1.72. The molecule has 0 saturated heterocycles. The standard InChI is InChI=1S/C19H19N5O/c1-13-22-23-17(25-13)12-20-18(14-8-4-3-5-9-14)19-21-15-10-6-7-11-16(15)24(19)2/h3-11,18,20H,12H2,1-2H3. The monoisotopic (exact) mass is 333 g/mol. The molecule has 2 heterocycles. The number of nitrogens with zero attached hydrogens (tertiary/aromatic N) is 4. The first kappa shape index (κ1) is 15.5. The van der Waals surface area contributed by atoms with E-state index in [-0.39, 0.29) is 6.04 Å². The summed E-state index contributed by atoms with van der Waals surface area (Å²) in [6.45, 7) is 2.26. The van der Waals surface area contributed by atoms with Crippen molar-refractivity contribution in [2.45, 2.75) is 19.5 Å². The summed E-state index contributed by atoms with van der Waals surface area (Å²) in [7, 11) is 2.04.